The summed E-state index contributed by atoms with van der Waals surface area (Å²) >= 11 is 0. The zero-order valence-electron chi connectivity index (χ0n) is 12.4. The van der Waals surface area contributed by atoms with Crippen molar-refractivity contribution >= 4 is 20.3 Å². The van der Waals surface area contributed by atoms with E-state index in [4.69, 9.17) is 4.43 Å². The molecule has 2 saturated heterocycles. The van der Waals surface area contributed by atoms with Gasteiger partial charge in [0.05, 0.1) is 0 Å². The van der Waals surface area contributed by atoms with Crippen LogP contribution in [0.25, 0.3) is 0 Å². The first-order valence-electron chi connectivity index (χ1n) is 6.91. The fraction of sp³-hybridized carbons (Fsp3) is 0.846. The number of imide groups is 1. The molecule has 3 amide bonds. The van der Waals surface area contributed by atoms with Gasteiger partial charge in [-0.05, 0) is 24.6 Å². The van der Waals surface area contributed by atoms with Gasteiger partial charge in [0.25, 0.3) is 5.91 Å². The van der Waals surface area contributed by atoms with Crippen molar-refractivity contribution in [2.24, 2.45) is 0 Å². The van der Waals surface area contributed by atoms with E-state index in [9.17, 15) is 9.59 Å². The topological polar surface area (TPSA) is 58.6 Å². The zero-order valence-corrected chi connectivity index (χ0v) is 13.4. The molecule has 2 aliphatic rings. The highest BCUT2D eigenvalue weighted by Gasteiger charge is 2.45. The lowest BCUT2D eigenvalue weighted by Crippen LogP contribution is -2.50. The van der Waals surface area contributed by atoms with Crippen LogP contribution >= 0.6 is 0 Å². The van der Waals surface area contributed by atoms with Gasteiger partial charge in [0.15, 0.2) is 8.32 Å². The maximum absolute atomic E-state index is 11.7. The van der Waals surface area contributed by atoms with Crippen molar-refractivity contribution in [3.05, 3.63) is 0 Å². The van der Waals surface area contributed by atoms with Crippen molar-refractivity contribution < 1.29 is 14.0 Å². The first-order chi connectivity index (χ1) is 8.62. The van der Waals surface area contributed by atoms with Gasteiger partial charge in [-0.2, -0.15) is 0 Å². The summed E-state index contributed by atoms with van der Waals surface area (Å²) in [6.45, 7) is 11.7. The van der Waals surface area contributed by atoms with E-state index in [-0.39, 0.29) is 29.1 Å². The molecule has 2 aliphatic heterocycles. The quantitative estimate of drug-likeness (QED) is 0.624. The summed E-state index contributed by atoms with van der Waals surface area (Å²) < 4.78 is 6.36. The van der Waals surface area contributed by atoms with E-state index in [0.717, 1.165) is 6.42 Å². The van der Waals surface area contributed by atoms with Gasteiger partial charge in [-0.25, -0.2) is 4.79 Å². The minimum Gasteiger partial charge on any atom is -0.414 e. The number of nitrogens with one attached hydrogen (secondary N) is 1. The van der Waals surface area contributed by atoms with Crippen molar-refractivity contribution in [3.63, 3.8) is 0 Å². The largest absolute Gasteiger partial charge is 0.414 e. The summed E-state index contributed by atoms with van der Waals surface area (Å²) in [5, 5.41) is 2.54. The fourth-order valence-corrected chi connectivity index (χ4v) is 3.79. The lowest BCUT2D eigenvalue weighted by molar-refractivity contribution is -0.123. The number of hydrogen-bond donors (Lipinski definition) is 1. The maximum atomic E-state index is 11.7. The Morgan fingerprint density at radius 1 is 1.32 bits per heavy atom. The van der Waals surface area contributed by atoms with E-state index in [1.807, 2.05) is 0 Å². The van der Waals surface area contributed by atoms with Gasteiger partial charge in [-0.3, -0.25) is 10.1 Å². The van der Waals surface area contributed by atoms with Gasteiger partial charge >= 0.3 is 6.03 Å². The maximum Gasteiger partial charge on any atom is 0.324 e. The Labute approximate surface area is 115 Å². The lowest BCUT2D eigenvalue weighted by atomic mass is 10.0. The normalized spacial score (nSPS) is 28.4. The lowest BCUT2D eigenvalue weighted by Gasteiger charge is -2.42. The van der Waals surface area contributed by atoms with Crippen LogP contribution in [0.5, 0.6) is 0 Å². The summed E-state index contributed by atoms with van der Waals surface area (Å²) in [5.74, 6) is -0.173. The number of amides is 3. The monoisotopic (exact) mass is 284 g/mol. The van der Waals surface area contributed by atoms with Crippen LogP contribution < -0.4 is 5.32 Å². The average molecular weight is 284 g/mol. The average Bonchev–Trinajstić information content (AvgIpc) is 2.52. The van der Waals surface area contributed by atoms with E-state index in [1.54, 1.807) is 4.90 Å². The smallest absolute Gasteiger partial charge is 0.324 e. The minimum absolute atomic E-state index is 0.0961. The summed E-state index contributed by atoms with van der Waals surface area (Å²) in [6.07, 6.45) is 1.55. The molecule has 0 aromatic carbocycles. The third-order valence-corrected chi connectivity index (χ3v) is 9.15. The molecule has 2 unspecified atom stereocenters. The van der Waals surface area contributed by atoms with Gasteiger partial charge in [-0.1, -0.05) is 20.8 Å². The summed E-state index contributed by atoms with van der Waals surface area (Å²) in [4.78, 5) is 24.9. The Kier molecular flexibility index (Phi) is 3.51. The molecule has 0 bridgehead atoms. The number of fused-ring (bicyclic) bond motifs is 1. The molecular formula is C13H24N2O3Si. The summed E-state index contributed by atoms with van der Waals surface area (Å²) in [6, 6.07) is -0.572. The number of carbonyl (C=O) groups is 2. The molecule has 2 rings (SSSR count). The third-order valence-electron chi connectivity index (χ3n) is 4.62. The Balaban J connectivity index is 2.02. The highest BCUT2D eigenvalue weighted by atomic mass is 28.4. The molecule has 5 nitrogen and oxygen atoms in total. The Bertz CT molecular complexity index is 403. The van der Waals surface area contributed by atoms with Crippen molar-refractivity contribution in [3.8, 4) is 0 Å². The molecule has 0 spiro atoms. The second-order valence-corrected chi connectivity index (χ2v) is 11.8. The second-order valence-electron chi connectivity index (χ2n) is 7.03. The number of carbonyl (C=O) groups excluding carboxylic acids is 2. The molecule has 6 heteroatoms. The van der Waals surface area contributed by atoms with Crippen molar-refractivity contribution in [2.45, 2.75) is 63.9 Å². The van der Waals surface area contributed by atoms with Crippen LogP contribution in [0, 0.1) is 0 Å². The molecule has 1 N–H and O–H groups in total. The van der Waals surface area contributed by atoms with Crippen LogP contribution in [-0.2, 0) is 9.22 Å². The van der Waals surface area contributed by atoms with E-state index in [1.165, 1.54) is 0 Å². The number of urea groups is 1. The molecular weight excluding hydrogens is 260 g/mol. The molecule has 0 saturated carbocycles. The summed E-state index contributed by atoms with van der Waals surface area (Å²) in [7, 11) is -1.81. The van der Waals surface area contributed by atoms with E-state index in [0.29, 0.717) is 13.0 Å². The van der Waals surface area contributed by atoms with Gasteiger partial charge in [0.2, 0.25) is 0 Å². The van der Waals surface area contributed by atoms with Gasteiger partial charge in [0, 0.05) is 19.1 Å². The highest BCUT2D eigenvalue weighted by Crippen LogP contribution is 2.39. The van der Waals surface area contributed by atoms with Crippen LogP contribution in [0.3, 0.4) is 0 Å². The van der Waals surface area contributed by atoms with Gasteiger partial charge < -0.3 is 9.33 Å². The van der Waals surface area contributed by atoms with Gasteiger partial charge in [-0.15, -0.1) is 0 Å². The van der Waals surface area contributed by atoms with Crippen LogP contribution in [0.1, 0.15) is 33.6 Å². The first-order valence-corrected chi connectivity index (χ1v) is 9.82. The third kappa shape index (κ3) is 2.69. The molecule has 2 atom stereocenters. The van der Waals surface area contributed by atoms with Crippen molar-refractivity contribution in [1.29, 1.82) is 0 Å². The Hall–Kier alpha value is -0.883. The molecule has 0 aromatic rings. The minimum atomic E-state index is -1.81. The van der Waals surface area contributed by atoms with Crippen molar-refractivity contribution in [2.75, 3.05) is 6.54 Å². The molecule has 0 radical (unpaired) electrons. The molecule has 0 aliphatic carbocycles. The fourth-order valence-electron chi connectivity index (χ4n) is 2.39. The predicted octanol–water partition coefficient (Wildman–Crippen LogP) is 2.09. The van der Waals surface area contributed by atoms with Crippen LogP contribution in [0.4, 0.5) is 4.79 Å². The van der Waals surface area contributed by atoms with Crippen LogP contribution in [0.2, 0.25) is 18.1 Å². The standard InChI is InChI=1S/C13H24N2O3Si/c1-13(2,3)19(4,5)18-9-6-7-15-10(8-9)11(16)14-12(15)17/h9-10H,6-8H2,1-5H3,(H,14,16,17). The zero-order chi connectivity index (χ0) is 14.4. The SMILES string of the molecule is CC(C)(C)[Si](C)(C)OC1CCN2C(=O)NC(=O)C2C1. The van der Waals surface area contributed by atoms with E-state index < -0.39 is 8.32 Å². The summed E-state index contributed by atoms with van der Waals surface area (Å²) in [5.41, 5.74) is 0. The Morgan fingerprint density at radius 2 is 1.95 bits per heavy atom. The second kappa shape index (κ2) is 4.59. The van der Waals surface area contributed by atoms with E-state index >= 15 is 0 Å². The van der Waals surface area contributed by atoms with E-state index in [2.05, 4.69) is 39.2 Å². The Morgan fingerprint density at radius 3 is 2.53 bits per heavy atom. The molecule has 19 heavy (non-hydrogen) atoms. The number of nitrogens with zero attached hydrogens (tertiary/aromatic N) is 1. The molecule has 2 heterocycles. The van der Waals surface area contributed by atoms with Gasteiger partial charge in [0.1, 0.15) is 6.04 Å². The number of piperidine rings is 1. The predicted molar refractivity (Wildman–Crippen MR) is 75.3 cm³/mol. The number of hydrogen-bond acceptors (Lipinski definition) is 3. The molecule has 0 aromatic heterocycles. The number of rotatable bonds is 2. The first kappa shape index (κ1) is 14.5. The highest BCUT2D eigenvalue weighted by molar-refractivity contribution is 6.74. The van der Waals surface area contributed by atoms with Crippen LogP contribution in [-0.4, -0.2) is 43.8 Å². The van der Waals surface area contributed by atoms with Crippen molar-refractivity contribution in [1.82, 2.24) is 10.2 Å². The van der Waals surface area contributed by atoms with Crippen LogP contribution in [0.15, 0.2) is 0 Å². The molecule has 2 fully saturated rings. The molecule has 108 valence electrons.